The minimum Gasteiger partial charge on any atom is -0.441 e. The van der Waals surface area contributed by atoms with Crippen LogP contribution in [0.2, 0.25) is 0 Å². The highest BCUT2D eigenvalue weighted by Crippen LogP contribution is 2.25. The highest BCUT2D eigenvalue weighted by Gasteiger charge is 2.14. The van der Waals surface area contributed by atoms with E-state index in [4.69, 9.17) is 10.2 Å². The van der Waals surface area contributed by atoms with Crippen LogP contribution in [-0.2, 0) is 6.42 Å². The molecular weight excluding hydrogens is 226 g/mol. The summed E-state index contributed by atoms with van der Waals surface area (Å²) in [7, 11) is 0. The molecule has 0 aromatic rings. The van der Waals surface area contributed by atoms with Gasteiger partial charge in [-0.15, -0.1) is 0 Å². The summed E-state index contributed by atoms with van der Waals surface area (Å²) < 4.78 is 5.39. The van der Waals surface area contributed by atoms with Crippen molar-refractivity contribution in [2.45, 2.75) is 33.6 Å². The molecule has 2 rings (SSSR count). The van der Waals surface area contributed by atoms with Crippen molar-refractivity contribution >= 4 is 5.88 Å². The maximum atomic E-state index is 11.9. The average Bonchev–Trinajstić information content (AvgIpc) is 2.24. The summed E-state index contributed by atoms with van der Waals surface area (Å²) in [6.45, 7) is 6.57. The molecule has 1 heterocycles. The van der Waals surface area contributed by atoms with Crippen LogP contribution < -0.4 is 11.2 Å². The van der Waals surface area contributed by atoms with Crippen LogP contribution in [0.25, 0.3) is 11.3 Å². The maximum absolute atomic E-state index is 11.9. The standard InChI is InChI=1S/C15H19NO2/c1-15(2,3)7-6-10-8-12(17)11-4-5-14(16)18-13(11)9-10/h4-5,8-9H,6-7,16H2,1-3H3. The van der Waals surface area contributed by atoms with Gasteiger partial charge in [0.25, 0.3) is 0 Å². The fraction of sp³-hybridized carbons (Fsp3) is 0.400. The van der Waals surface area contributed by atoms with Crippen molar-refractivity contribution in [3.63, 3.8) is 0 Å². The Morgan fingerprint density at radius 2 is 1.94 bits per heavy atom. The largest absolute Gasteiger partial charge is 0.441 e. The normalized spacial score (nSPS) is 11.9. The number of hydrogen-bond acceptors (Lipinski definition) is 3. The summed E-state index contributed by atoms with van der Waals surface area (Å²) in [5, 5.41) is 0. The van der Waals surface area contributed by atoms with Gasteiger partial charge in [-0.25, -0.2) is 0 Å². The van der Waals surface area contributed by atoms with Gasteiger partial charge in [-0.05, 0) is 48.1 Å². The first-order valence-corrected chi connectivity index (χ1v) is 6.17. The Labute approximate surface area is 107 Å². The lowest BCUT2D eigenvalue weighted by Gasteiger charge is -2.18. The number of nitrogen functional groups attached to an aromatic ring is 1. The second-order valence-electron chi connectivity index (χ2n) is 5.90. The van der Waals surface area contributed by atoms with Crippen LogP contribution in [-0.4, -0.2) is 0 Å². The van der Waals surface area contributed by atoms with E-state index in [-0.39, 0.29) is 10.8 Å². The third-order valence-corrected chi connectivity index (χ3v) is 2.97. The molecular formula is C15H19NO2. The van der Waals surface area contributed by atoms with Crippen molar-refractivity contribution in [2.75, 3.05) is 5.73 Å². The van der Waals surface area contributed by atoms with Crippen LogP contribution in [0, 0.1) is 5.41 Å². The predicted octanol–water partition coefficient (Wildman–Crippen LogP) is 3.31. The zero-order valence-electron chi connectivity index (χ0n) is 11.1. The predicted molar refractivity (Wildman–Crippen MR) is 73.8 cm³/mol. The molecule has 18 heavy (non-hydrogen) atoms. The molecule has 0 unspecified atom stereocenters. The van der Waals surface area contributed by atoms with E-state index < -0.39 is 0 Å². The second-order valence-corrected chi connectivity index (χ2v) is 5.90. The zero-order valence-corrected chi connectivity index (χ0v) is 11.1. The quantitative estimate of drug-likeness (QED) is 0.883. The Bertz CT molecular complexity index is 578. The molecule has 2 aliphatic rings. The number of fused-ring (bicyclic) bond motifs is 1. The molecule has 1 aliphatic carbocycles. The van der Waals surface area contributed by atoms with Crippen LogP contribution in [0.5, 0.6) is 0 Å². The van der Waals surface area contributed by atoms with Crippen molar-refractivity contribution in [3.8, 4) is 11.3 Å². The summed E-state index contributed by atoms with van der Waals surface area (Å²) in [5.41, 5.74) is 7.45. The van der Waals surface area contributed by atoms with Gasteiger partial charge in [0.15, 0.2) is 11.3 Å². The molecule has 0 saturated heterocycles. The topological polar surface area (TPSA) is 56.2 Å². The summed E-state index contributed by atoms with van der Waals surface area (Å²) in [6.07, 6.45) is 1.90. The van der Waals surface area contributed by atoms with E-state index in [1.807, 2.05) is 6.07 Å². The van der Waals surface area contributed by atoms with Crippen molar-refractivity contribution < 1.29 is 4.42 Å². The Balaban J connectivity index is 2.37. The summed E-state index contributed by atoms with van der Waals surface area (Å²) >= 11 is 0. The number of anilines is 1. The first-order valence-electron chi connectivity index (χ1n) is 6.17. The Morgan fingerprint density at radius 3 is 2.61 bits per heavy atom. The van der Waals surface area contributed by atoms with Crippen LogP contribution in [0.15, 0.2) is 33.5 Å². The maximum Gasteiger partial charge on any atom is 0.190 e. The molecule has 0 aromatic carbocycles. The number of nitrogens with two attached hydrogens (primary N) is 1. The molecule has 1 aliphatic heterocycles. The minimum atomic E-state index is 0.000147. The smallest absolute Gasteiger partial charge is 0.190 e. The lowest BCUT2D eigenvalue weighted by atomic mass is 9.88. The third kappa shape index (κ3) is 2.92. The Hall–Kier alpha value is -1.77. The van der Waals surface area contributed by atoms with Crippen LogP contribution in [0.4, 0.5) is 5.88 Å². The van der Waals surface area contributed by atoms with Gasteiger partial charge in [0.05, 0.1) is 5.56 Å². The van der Waals surface area contributed by atoms with Crippen molar-refractivity contribution in [1.82, 2.24) is 0 Å². The molecule has 3 nitrogen and oxygen atoms in total. The monoisotopic (exact) mass is 245 g/mol. The molecule has 3 heteroatoms. The fourth-order valence-electron chi connectivity index (χ4n) is 1.89. The number of rotatable bonds is 2. The van der Waals surface area contributed by atoms with Gasteiger partial charge in [0.1, 0.15) is 5.76 Å². The van der Waals surface area contributed by atoms with E-state index >= 15 is 0 Å². The molecule has 0 bridgehead atoms. The number of benzene rings is 1. The summed E-state index contributed by atoms with van der Waals surface area (Å²) in [5.74, 6) is 0.904. The fourth-order valence-corrected chi connectivity index (χ4v) is 1.89. The number of hydrogen-bond donors (Lipinski definition) is 1. The molecule has 0 aromatic heterocycles. The van der Waals surface area contributed by atoms with Crippen LogP contribution in [0.3, 0.4) is 0 Å². The van der Waals surface area contributed by atoms with Gasteiger partial charge >= 0.3 is 0 Å². The van der Waals surface area contributed by atoms with E-state index in [2.05, 4.69) is 20.8 Å². The van der Waals surface area contributed by atoms with E-state index in [1.54, 1.807) is 18.2 Å². The molecule has 0 amide bonds. The van der Waals surface area contributed by atoms with Crippen LogP contribution in [0.1, 0.15) is 32.8 Å². The molecule has 0 atom stereocenters. The van der Waals surface area contributed by atoms with Crippen LogP contribution >= 0.6 is 0 Å². The highest BCUT2D eigenvalue weighted by molar-refractivity contribution is 5.61. The summed E-state index contributed by atoms with van der Waals surface area (Å²) in [4.78, 5) is 11.9. The number of aryl methyl sites for hydroxylation is 1. The second kappa shape index (κ2) is 4.48. The lowest BCUT2D eigenvalue weighted by Crippen LogP contribution is -2.10. The van der Waals surface area contributed by atoms with Gasteiger partial charge in [-0.1, -0.05) is 20.8 Å². The molecule has 96 valence electrons. The average molecular weight is 245 g/mol. The molecule has 0 fully saturated rings. The zero-order chi connectivity index (χ0) is 13.3. The van der Waals surface area contributed by atoms with Gasteiger partial charge in [-0.2, -0.15) is 0 Å². The Morgan fingerprint density at radius 1 is 1.22 bits per heavy atom. The summed E-state index contributed by atoms with van der Waals surface area (Å²) in [6, 6.07) is 6.93. The Kier molecular flexibility index (Phi) is 3.16. The van der Waals surface area contributed by atoms with E-state index in [0.29, 0.717) is 17.2 Å². The van der Waals surface area contributed by atoms with E-state index in [1.165, 1.54) is 0 Å². The SMILES string of the molecule is CC(C)(C)CCc1cc2oc(N)ccc-2c(=O)c1. The minimum absolute atomic E-state index is 0.000147. The first kappa shape index (κ1) is 12.7. The molecule has 2 N–H and O–H groups in total. The first-order chi connectivity index (χ1) is 8.35. The van der Waals surface area contributed by atoms with E-state index in [9.17, 15) is 4.79 Å². The van der Waals surface area contributed by atoms with Gasteiger partial charge in [-0.3, -0.25) is 4.79 Å². The third-order valence-electron chi connectivity index (χ3n) is 2.97. The van der Waals surface area contributed by atoms with Gasteiger partial charge in [0.2, 0.25) is 0 Å². The molecule has 0 radical (unpaired) electrons. The molecule has 0 spiro atoms. The van der Waals surface area contributed by atoms with Gasteiger partial charge in [0, 0.05) is 0 Å². The highest BCUT2D eigenvalue weighted by atomic mass is 16.3. The van der Waals surface area contributed by atoms with E-state index in [0.717, 1.165) is 18.4 Å². The van der Waals surface area contributed by atoms with Crippen molar-refractivity contribution in [1.29, 1.82) is 0 Å². The van der Waals surface area contributed by atoms with Gasteiger partial charge < -0.3 is 10.2 Å². The molecule has 0 saturated carbocycles. The van der Waals surface area contributed by atoms with Crippen molar-refractivity contribution in [3.05, 3.63) is 40.1 Å². The van der Waals surface area contributed by atoms with Crippen molar-refractivity contribution in [2.24, 2.45) is 5.41 Å². The lowest BCUT2D eigenvalue weighted by molar-refractivity contribution is 0.378.